The number of imidazole rings is 1. The first-order valence-corrected chi connectivity index (χ1v) is 9.44. The molecular weight excluding hydrogens is 318 g/mol. The van der Waals surface area contributed by atoms with Crippen LogP contribution >= 0.6 is 11.3 Å². The zero-order valence-electron chi connectivity index (χ0n) is 14.0. The fourth-order valence-electron chi connectivity index (χ4n) is 3.41. The van der Waals surface area contributed by atoms with Gasteiger partial charge in [-0.2, -0.15) is 0 Å². The smallest absolute Gasteiger partial charge is 0.194 e. The number of hydrogen-bond acceptors (Lipinski definition) is 5. The van der Waals surface area contributed by atoms with Crippen LogP contribution in [0.2, 0.25) is 0 Å². The van der Waals surface area contributed by atoms with Gasteiger partial charge in [-0.05, 0) is 31.9 Å². The SMILES string of the molecule is Cc1nc2sccn2c1CNC1CCN(Cc2ccccn2)CC1. The highest BCUT2D eigenvalue weighted by Crippen LogP contribution is 2.18. The Bertz CT molecular complexity index is 786. The molecule has 0 unspecified atom stereocenters. The van der Waals surface area contributed by atoms with Gasteiger partial charge in [-0.3, -0.25) is 14.3 Å². The number of aromatic nitrogens is 3. The van der Waals surface area contributed by atoms with E-state index in [1.165, 1.54) is 24.2 Å². The summed E-state index contributed by atoms with van der Waals surface area (Å²) in [6.07, 6.45) is 6.38. The Balaban J connectivity index is 1.29. The van der Waals surface area contributed by atoms with E-state index in [1.54, 1.807) is 11.3 Å². The van der Waals surface area contributed by atoms with Crippen LogP contribution in [0.4, 0.5) is 0 Å². The fraction of sp³-hybridized carbons (Fsp3) is 0.444. The number of pyridine rings is 1. The van der Waals surface area contributed by atoms with Crippen LogP contribution in [0.1, 0.15) is 29.9 Å². The number of rotatable bonds is 5. The Morgan fingerprint density at radius 1 is 1.29 bits per heavy atom. The molecule has 0 atom stereocenters. The maximum absolute atomic E-state index is 4.62. The van der Waals surface area contributed by atoms with Crippen molar-refractivity contribution in [1.29, 1.82) is 0 Å². The van der Waals surface area contributed by atoms with Crippen molar-refractivity contribution >= 4 is 16.3 Å². The third kappa shape index (κ3) is 3.36. The molecule has 0 aromatic carbocycles. The monoisotopic (exact) mass is 341 g/mol. The average Bonchev–Trinajstić information content (AvgIpc) is 3.16. The van der Waals surface area contributed by atoms with Crippen LogP contribution in [-0.2, 0) is 13.1 Å². The van der Waals surface area contributed by atoms with Crippen molar-refractivity contribution in [2.24, 2.45) is 0 Å². The molecule has 1 aliphatic rings. The van der Waals surface area contributed by atoms with E-state index in [0.29, 0.717) is 6.04 Å². The second kappa shape index (κ2) is 7.01. The molecule has 1 N–H and O–H groups in total. The third-order valence-corrected chi connectivity index (χ3v) is 5.58. The van der Waals surface area contributed by atoms with Gasteiger partial charge in [0.2, 0.25) is 0 Å². The van der Waals surface area contributed by atoms with Crippen molar-refractivity contribution in [2.75, 3.05) is 13.1 Å². The molecule has 1 aliphatic heterocycles. The minimum atomic E-state index is 0.591. The maximum atomic E-state index is 4.62. The van der Waals surface area contributed by atoms with Gasteiger partial charge in [-0.1, -0.05) is 6.07 Å². The lowest BCUT2D eigenvalue weighted by Gasteiger charge is -2.32. The number of fused-ring (bicyclic) bond motifs is 1. The lowest BCUT2D eigenvalue weighted by Crippen LogP contribution is -2.42. The van der Waals surface area contributed by atoms with E-state index in [0.717, 1.165) is 36.8 Å². The van der Waals surface area contributed by atoms with Crippen LogP contribution in [0, 0.1) is 6.92 Å². The Morgan fingerprint density at radius 3 is 2.96 bits per heavy atom. The van der Waals surface area contributed by atoms with Gasteiger partial charge < -0.3 is 5.32 Å². The van der Waals surface area contributed by atoms with E-state index < -0.39 is 0 Å². The first-order valence-electron chi connectivity index (χ1n) is 8.56. The van der Waals surface area contributed by atoms with Gasteiger partial charge in [0.25, 0.3) is 0 Å². The Kier molecular flexibility index (Phi) is 4.60. The van der Waals surface area contributed by atoms with Gasteiger partial charge >= 0.3 is 0 Å². The Hall–Kier alpha value is -1.76. The summed E-state index contributed by atoms with van der Waals surface area (Å²) in [7, 11) is 0. The molecule has 0 amide bonds. The van der Waals surface area contributed by atoms with Crippen LogP contribution in [0.25, 0.3) is 4.96 Å². The number of aryl methyl sites for hydroxylation is 1. The molecule has 3 aromatic rings. The summed E-state index contributed by atoms with van der Waals surface area (Å²) in [5.74, 6) is 0. The molecule has 5 nitrogen and oxygen atoms in total. The molecule has 0 aliphatic carbocycles. The Morgan fingerprint density at radius 2 is 2.17 bits per heavy atom. The molecule has 4 heterocycles. The van der Waals surface area contributed by atoms with Crippen molar-refractivity contribution in [1.82, 2.24) is 24.6 Å². The number of thiazole rings is 1. The predicted octanol–water partition coefficient (Wildman–Crippen LogP) is 2.85. The fourth-order valence-corrected chi connectivity index (χ4v) is 4.19. The van der Waals surface area contributed by atoms with Crippen LogP contribution in [0.15, 0.2) is 36.0 Å². The van der Waals surface area contributed by atoms with Crippen molar-refractivity contribution in [3.8, 4) is 0 Å². The summed E-state index contributed by atoms with van der Waals surface area (Å²) in [4.78, 5) is 12.6. The molecule has 1 saturated heterocycles. The molecule has 0 spiro atoms. The summed E-state index contributed by atoms with van der Waals surface area (Å²) in [5, 5.41) is 5.83. The maximum Gasteiger partial charge on any atom is 0.194 e. The summed E-state index contributed by atoms with van der Waals surface area (Å²) >= 11 is 1.70. The molecule has 6 heteroatoms. The van der Waals surface area contributed by atoms with Gasteiger partial charge in [-0.25, -0.2) is 4.98 Å². The molecular formula is C18H23N5S. The van der Waals surface area contributed by atoms with E-state index in [9.17, 15) is 0 Å². The summed E-state index contributed by atoms with van der Waals surface area (Å²) in [6, 6.07) is 6.74. The summed E-state index contributed by atoms with van der Waals surface area (Å²) in [5.41, 5.74) is 3.60. The van der Waals surface area contributed by atoms with Crippen LogP contribution in [0.5, 0.6) is 0 Å². The second-order valence-electron chi connectivity index (χ2n) is 6.45. The van der Waals surface area contributed by atoms with Gasteiger partial charge in [0.1, 0.15) is 0 Å². The predicted molar refractivity (Wildman–Crippen MR) is 97.2 cm³/mol. The van der Waals surface area contributed by atoms with Crippen molar-refractivity contribution < 1.29 is 0 Å². The summed E-state index contributed by atoms with van der Waals surface area (Å²) < 4.78 is 2.21. The summed E-state index contributed by atoms with van der Waals surface area (Å²) in [6.45, 7) is 6.23. The van der Waals surface area contributed by atoms with E-state index >= 15 is 0 Å². The second-order valence-corrected chi connectivity index (χ2v) is 7.32. The van der Waals surface area contributed by atoms with E-state index in [4.69, 9.17) is 0 Å². The largest absolute Gasteiger partial charge is 0.308 e. The highest BCUT2D eigenvalue weighted by molar-refractivity contribution is 7.15. The van der Waals surface area contributed by atoms with E-state index in [2.05, 4.69) is 55.2 Å². The van der Waals surface area contributed by atoms with Gasteiger partial charge in [-0.15, -0.1) is 11.3 Å². The van der Waals surface area contributed by atoms with Crippen LogP contribution in [-0.4, -0.2) is 38.4 Å². The Labute approximate surface area is 146 Å². The first kappa shape index (κ1) is 15.7. The molecule has 126 valence electrons. The van der Waals surface area contributed by atoms with E-state index in [1.807, 2.05) is 12.3 Å². The van der Waals surface area contributed by atoms with Crippen molar-refractivity contribution in [3.63, 3.8) is 0 Å². The minimum absolute atomic E-state index is 0.591. The molecule has 0 bridgehead atoms. The molecule has 1 fully saturated rings. The number of nitrogens with one attached hydrogen (secondary N) is 1. The third-order valence-electron chi connectivity index (χ3n) is 4.82. The molecule has 24 heavy (non-hydrogen) atoms. The topological polar surface area (TPSA) is 45.5 Å². The highest BCUT2D eigenvalue weighted by Gasteiger charge is 2.20. The average molecular weight is 341 g/mol. The van der Waals surface area contributed by atoms with Gasteiger partial charge in [0.15, 0.2) is 4.96 Å². The normalized spacial score (nSPS) is 16.9. The minimum Gasteiger partial charge on any atom is -0.308 e. The molecule has 0 radical (unpaired) electrons. The lowest BCUT2D eigenvalue weighted by atomic mass is 10.0. The number of piperidine rings is 1. The van der Waals surface area contributed by atoms with E-state index in [-0.39, 0.29) is 0 Å². The zero-order valence-corrected chi connectivity index (χ0v) is 14.8. The highest BCUT2D eigenvalue weighted by atomic mass is 32.1. The van der Waals surface area contributed by atoms with Crippen molar-refractivity contribution in [3.05, 3.63) is 53.1 Å². The van der Waals surface area contributed by atoms with Crippen LogP contribution < -0.4 is 5.32 Å². The van der Waals surface area contributed by atoms with Crippen molar-refractivity contribution in [2.45, 2.75) is 38.9 Å². The number of nitrogens with zero attached hydrogens (tertiary/aromatic N) is 4. The number of hydrogen-bond donors (Lipinski definition) is 1. The van der Waals surface area contributed by atoms with Gasteiger partial charge in [0, 0.05) is 50.0 Å². The first-order chi connectivity index (χ1) is 11.8. The molecule has 0 saturated carbocycles. The van der Waals surface area contributed by atoms with Crippen LogP contribution in [0.3, 0.4) is 0 Å². The molecule has 4 rings (SSSR count). The molecule has 3 aromatic heterocycles. The quantitative estimate of drug-likeness (QED) is 0.775. The number of likely N-dealkylation sites (tertiary alicyclic amines) is 1. The van der Waals surface area contributed by atoms with Gasteiger partial charge in [0.05, 0.1) is 17.1 Å². The zero-order chi connectivity index (χ0) is 16.4. The lowest BCUT2D eigenvalue weighted by molar-refractivity contribution is 0.188. The standard InChI is InChI=1S/C18H23N5S/c1-14-17(23-10-11-24-18(23)21-14)12-20-15-5-8-22(9-6-15)13-16-4-2-3-7-19-16/h2-4,7,10-11,15,20H,5-6,8-9,12-13H2,1H3.